The number of hydrogen-bond acceptors (Lipinski definition) is 5. The highest BCUT2D eigenvalue weighted by atomic mass is 79.9. The molecule has 1 aromatic rings. The molecule has 1 aromatic carbocycles. The van der Waals surface area contributed by atoms with Crippen LogP contribution in [0.25, 0.3) is 0 Å². The molecule has 30 heavy (non-hydrogen) atoms. The van der Waals surface area contributed by atoms with Gasteiger partial charge in [-0.1, -0.05) is 33.8 Å². The van der Waals surface area contributed by atoms with Gasteiger partial charge in [0.2, 0.25) is 0 Å². The van der Waals surface area contributed by atoms with Gasteiger partial charge < -0.3 is 0 Å². The van der Waals surface area contributed by atoms with Crippen LogP contribution in [0, 0.1) is 26.9 Å². The lowest BCUT2D eigenvalue weighted by Gasteiger charge is -2.44. The smallest absolute Gasteiger partial charge is 0.283 e. The molecule has 6 nitrogen and oxygen atoms in total. The van der Waals surface area contributed by atoms with E-state index in [0.29, 0.717) is 41.3 Å². The molecule has 0 bridgehead atoms. The Morgan fingerprint density at radius 3 is 2.37 bits per heavy atom. The quantitative estimate of drug-likeness (QED) is 0.417. The van der Waals surface area contributed by atoms with Gasteiger partial charge in [-0.15, -0.1) is 0 Å². The number of allylic oxidation sites excluding steroid dienone is 2. The molecule has 0 N–H and O–H groups in total. The van der Waals surface area contributed by atoms with Crippen molar-refractivity contribution < 1.29 is 14.5 Å². The third-order valence-electron chi connectivity index (χ3n) is 6.36. The summed E-state index contributed by atoms with van der Waals surface area (Å²) < 4.78 is 0.377. The van der Waals surface area contributed by atoms with Crippen LogP contribution in [-0.4, -0.2) is 22.2 Å². The molecular formula is C23H25BrN2O4. The number of nitrogens with zero attached hydrogens (tertiary/aromatic N) is 2. The number of nitro groups is 1. The van der Waals surface area contributed by atoms with Crippen molar-refractivity contribution in [3.05, 3.63) is 49.6 Å². The lowest BCUT2D eigenvalue weighted by Crippen LogP contribution is -2.45. The number of hydrogen-bond donors (Lipinski definition) is 0. The van der Waals surface area contributed by atoms with E-state index in [1.807, 2.05) is 0 Å². The van der Waals surface area contributed by atoms with Crippen LogP contribution < -0.4 is 0 Å². The highest BCUT2D eigenvalue weighted by molar-refractivity contribution is 9.10. The van der Waals surface area contributed by atoms with Crippen LogP contribution in [0.4, 0.5) is 5.69 Å². The van der Waals surface area contributed by atoms with Crippen molar-refractivity contribution in [1.82, 2.24) is 0 Å². The molecular weight excluding hydrogens is 448 g/mol. The van der Waals surface area contributed by atoms with Crippen LogP contribution >= 0.6 is 15.9 Å². The second kappa shape index (κ2) is 6.94. The topological polar surface area (TPSA) is 89.6 Å². The standard InChI is InChI=1S/C23H25BrN2O4/c1-22(2)8-14-20(17(27)10-22)19(12-5-6-13(24)16(7-12)26(29)30)21-15(25-14)9-23(3,4)11-18(21)28/h5-7,19-20H,8-11H2,1-4H3. The van der Waals surface area contributed by atoms with Gasteiger partial charge in [-0.05, 0) is 51.2 Å². The molecule has 1 heterocycles. The number of aliphatic imine (C=N–C) groups is 1. The van der Waals surface area contributed by atoms with Crippen molar-refractivity contribution in [3.8, 4) is 0 Å². The zero-order chi connectivity index (χ0) is 22.0. The Labute approximate surface area is 184 Å². The first-order chi connectivity index (χ1) is 13.9. The lowest BCUT2D eigenvalue weighted by molar-refractivity contribution is -0.385. The van der Waals surface area contributed by atoms with E-state index in [1.54, 1.807) is 12.1 Å². The second-order valence-corrected chi connectivity index (χ2v) is 11.2. The zero-order valence-corrected chi connectivity index (χ0v) is 19.2. The SMILES string of the molecule is CC1(C)CC(=O)C2C(=NC3=C(C(=O)CC(C)(C)C3)C2c2ccc(Br)c([N+](=O)[O-])c2)C1. The Hall–Kier alpha value is -2.15. The van der Waals surface area contributed by atoms with Crippen LogP contribution in [0.5, 0.6) is 0 Å². The largest absolute Gasteiger partial charge is 0.299 e. The van der Waals surface area contributed by atoms with Crippen LogP contribution in [0.3, 0.4) is 0 Å². The van der Waals surface area contributed by atoms with E-state index >= 15 is 0 Å². The molecule has 2 unspecified atom stereocenters. The van der Waals surface area contributed by atoms with Gasteiger partial charge in [-0.3, -0.25) is 24.7 Å². The molecule has 0 aromatic heterocycles. The van der Waals surface area contributed by atoms with E-state index in [1.165, 1.54) is 6.07 Å². The fourth-order valence-corrected chi connectivity index (χ4v) is 5.63. The number of ketones is 2. The molecule has 158 valence electrons. The van der Waals surface area contributed by atoms with Crippen molar-refractivity contribution in [1.29, 1.82) is 0 Å². The Bertz CT molecular complexity index is 1050. The van der Waals surface area contributed by atoms with Crippen molar-refractivity contribution in [3.63, 3.8) is 0 Å². The van der Waals surface area contributed by atoms with Gasteiger partial charge in [0.1, 0.15) is 5.78 Å². The molecule has 3 aliphatic rings. The molecule has 1 aliphatic heterocycles. The molecule has 0 saturated heterocycles. The Morgan fingerprint density at radius 1 is 1.03 bits per heavy atom. The molecule has 0 amide bonds. The van der Waals surface area contributed by atoms with E-state index < -0.39 is 16.8 Å². The Balaban J connectivity index is 1.93. The second-order valence-electron chi connectivity index (χ2n) is 10.3. The molecule has 2 atom stereocenters. The molecule has 1 saturated carbocycles. The van der Waals surface area contributed by atoms with Gasteiger partial charge >= 0.3 is 0 Å². The van der Waals surface area contributed by atoms with Crippen LogP contribution in [0.15, 0.2) is 38.9 Å². The first kappa shape index (κ1) is 21.1. The van der Waals surface area contributed by atoms with Gasteiger partial charge in [0.25, 0.3) is 5.69 Å². The third kappa shape index (κ3) is 3.57. The predicted octanol–water partition coefficient (Wildman–Crippen LogP) is 5.54. The number of carbonyl (C=O) groups is 2. The monoisotopic (exact) mass is 472 g/mol. The van der Waals surface area contributed by atoms with E-state index in [9.17, 15) is 19.7 Å². The third-order valence-corrected chi connectivity index (χ3v) is 7.03. The molecule has 4 rings (SSSR count). The summed E-state index contributed by atoms with van der Waals surface area (Å²) in [6, 6.07) is 4.92. The highest BCUT2D eigenvalue weighted by Crippen LogP contribution is 2.52. The zero-order valence-electron chi connectivity index (χ0n) is 17.6. The summed E-state index contributed by atoms with van der Waals surface area (Å²) in [5.41, 5.74) is 2.33. The number of fused-ring (bicyclic) bond motifs is 1. The molecule has 0 radical (unpaired) electrons. The maximum Gasteiger partial charge on any atom is 0.283 e. The summed E-state index contributed by atoms with van der Waals surface area (Å²) in [5.74, 6) is -0.976. The Kier molecular flexibility index (Phi) is 4.88. The van der Waals surface area contributed by atoms with Crippen LogP contribution in [0.1, 0.15) is 64.9 Å². The highest BCUT2D eigenvalue weighted by Gasteiger charge is 2.50. The average molecular weight is 473 g/mol. The fourth-order valence-electron chi connectivity index (χ4n) is 5.23. The van der Waals surface area contributed by atoms with Gasteiger partial charge in [-0.2, -0.15) is 0 Å². The number of Topliss-reactive ketones (excluding diaryl/α,β-unsaturated/α-hetero) is 2. The summed E-state index contributed by atoms with van der Waals surface area (Å²) in [4.78, 5) is 42.5. The molecule has 2 aliphatic carbocycles. The summed E-state index contributed by atoms with van der Waals surface area (Å²) >= 11 is 3.24. The summed E-state index contributed by atoms with van der Waals surface area (Å²) in [6.45, 7) is 8.22. The summed E-state index contributed by atoms with van der Waals surface area (Å²) in [7, 11) is 0. The first-order valence-corrected chi connectivity index (χ1v) is 11.0. The minimum absolute atomic E-state index is 0.00254. The van der Waals surface area contributed by atoms with E-state index in [4.69, 9.17) is 4.99 Å². The van der Waals surface area contributed by atoms with Gasteiger partial charge in [0.15, 0.2) is 5.78 Å². The average Bonchev–Trinajstić information content (AvgIpc) is 2.57. The normalized spacial score (nSPS) is 27.3. The summed E-state index contributed by atoms with van der Waals surface area (Å²) in [6.07, 6.45) is 2.14. The Morgan fingerprint density at radius 2 is 1.70 bits per heavy atom. The molecule has 7 heteroatoms. The van der Waals surface area contributed by atoms with Crippen molar-refractivity contribution in [2.45, 2.75) is 59.3 Å². The molecule has 1 fully saturated rings. The molecule has 0 spiro atoms. The van der Waals surface area contributed by atoms with Crippen molar-refractivity contribution in [2.24, 2.45) is 21.7 Å². The van der Waals surface area contributed by atoms with E-state index in [-0.39, 0.29) is 28.1 Å². The minimum atomic E-state index is -0.525. The first-order valence-electron chi connectivity index (χ1n) is 10.2. The minimum Gasteiger partial charge on any atom is -0.299 e. The van der Waals surface area contributed by atoms with Crippen molar-refractivity contribution >= 4 is 38.9 Å². The van der Waals surface area contributed by atoms with Gasteiger partial charge in [0.05, 0.1) is 15.3 Å². The van der Waals surface area contributed by atoms with Gasteiger partial charge in [-0.25, -0.2) is 0 Å². The number of halogens is 1. The van der Waals surface area contributed by atoms with Crippen LogP contribution in [0.2, 0.25) is 0 Å². The number of rotatable bonds is 2. The van der Waals surface area contributed by atoms with E-state index in [2.05, 4.69) is 43.6 Å². The van der Waals surface area contributed by atoms with Crippen LogP contribution in [-0.2, 0) is 9.59 Å². The number of carbonyl (C=O) groups excluding carboxylic acids is 2. The van der Waals surface area contributed by atoms with Crippen molar-refractivity contribution in [2.75, 3.05) is 0 Å². The van der Waals surface area contributed by atoms with E-state index in [0.717, 1.165) is 11.4 Å². The number of benzene rings is 1. The maximum absolute atomic E-state index is 13.3. The lowest BCUT2D eigenvalue weighted by atomic mass is 9.60. The number of nitro benzene ring substituents is 1. The van der Waals surface area contributed by atoms with Gasteiger partial charge in [0, 0.05) is 41.8 Å². The predicted molar refractivity (Wildman–Crippen MR) is 118 cm³/mol. The fraction of sp³-hybridized carbons (Fsp3) is 0.522. The summed E-state index contributed by atoms with van der Waals surface area (Å²) in [5, 5.41) is 11.5. The maximum atomic E-state index is 13.3.